The summed E-state index contributed by atoms with van der Waals surface area (Å²) in [4.78, 5) is 26.5. The maximum atomic E-state index is 12.9. The van der Waals surface area contributed by atoms with Crippen LogP contribution in [-0.2, 0) is 30.6 Å². The topological polar surface area (TPSA) is 94.8 Å². The van der Waals surface area contributed by atoms with Gasteiger partial charge in [0.15, 0.2) is 0 Å². The average molecular weight is 455 g/mol. The molecule has 4 aromatic rings. The molecule has 1 N–H and O–H groups in total. The van der Waals surface area contributed by atoms with Gasteiger partial charge < -0.3 is 10.1 Å². The lowest BCUT2D eigenvalue weighted by molar-refractivity contribution is 0.0948. The monoisotopic (exact) mass is 454 g/mol. The number of ether oxygens (including phenoxy) is 1. The van der Waals surface area contributed by atoms with Crippen molar-refractivity contribution in [2.75, 3.05) is 13.7 Å². The molecule has 1 amide bonds. The van der Waals surface area contributed by atoms with E-state index in [9.17, 15) is 4.79 Å². The molecule has 0 fully saturated rings. The summed E-state index contributed by atoms with van der Waals surface area (Å²) < 4.78 is 7.00. The van der Waals surface area contributed by atoms with Gasteiger partial charge in [-0.25, -0.2) is 9.97 Å². The van der Waals surface area contributed by atoms with Gasteiger partial charge >= 0.3 is 0 Å². The second-order valence-corrected chi connectivity index (χ2v) is 8.27. The summed E-state index contributed by atoms with van der Waals surface area (Å²) in [6.07, 6.45) is 10.7. The zero-order chi connectivity index (χ0) is 23.3. The van der Waals surface area contributed by atoms with Crippen molar-refractivity contribution in [2.45, 2.75) is 32.3 Å². The second-order valence-electron chi connectivity index (χ2n) is 8.27. The van der Waals surface area contributed by atoms with E-state index in [4.69, 9.17) is 9.72 Å². The van der Waals surface area contributed by atoms with Crippen LogP contribution < -0.4 is 5.32 Å². The average Bonchev–Trinajstić information content (AvgIpc) is 3.20. The molecule has 172 valence electrons. The van der Waals surface area contributed by atoms with Crippen molar-refractivity contribution in [3.63, 3.8) is 0 Å². The molecule has 8 nitrogen and oxygen atoms in total. The Balaban J connectivity index is 1.43. The standard InChI is InChI=1S/C26H26N6O2/c1-34-17-23-22(25(33)28-13-11-18-6-5-12-27-14-18)16-30-32(23)26-29-15-20-9-4-8-19-7-2-3-10-21(19)24(20)31-26/h2-3,5-7,10,12,14-16H,4,8-9,11,13,17H2,1H3,(H,28,33). The molecule has 0 saturated heterocycles. The highest BCUT2D eigenvalue weighted by molar-refractivity contribution is 5.95. The Morgan fingerprint density at radius 3 is 2.82 bits per heavy atom. The summed E-state index contributed by atoms with van der Waals surface area (Å²) >= 11 is 0. The van der Waals surface area contributed by atoms with E-state index in [-0.39, 0.29) is 12.5 Å². The first-order valence-electron chi connectivity index (χ1n) is 11.4. The normalized spacial score (nSPS) is 12.5. The molecule has 0 saturated carbocycles. The summed E-state index contributed by atoms with van der Waals surface area (Å²) in [5, 5.41) is 7.43. The molecule has 3 aromatic heterocycles. The summed E-state index contributed by atoms with van der Waals surface area (Å²) in [5.41, 5.74) is 6.61. The third-order valence-electron chi connectivity index (χ3n) is 6.02. The largest absolute Gasteiger partial charge is 0.378 e. The number of aromatic nitrogens is 5. The van der Waals surface area contributed by atoms with Crippen LogP contribution in [0.1, 0.15) is 39.2 Å². The van der Waals surface area contributed by atoms with Crippen LogP contribution in [0.4, 0.5) is 0 Å². The molecule has 1 aliphatic rings. The number of methoxy groups -OCH3 is 1. The van der Waals surface area contributed by atoms with Crippen LogP contribution in [0.5, 0.6) is 0 Å². The lowest BCUT2D eigenvalue weighted by Crippen LogP contribution is -2.26. The highest BCUT2D eigenvalue weighted by Crippen LogP contribution is 2.31. The molecular formula is C26H26N6O2. The Bertz CT molecular complexity index is 1300. The minimum atomic E-state index is -0.206. The van der Waals surface area contributed by atoms with E-state index >= 15 is 0 Å². The van der Waals surface area contributed by atoms with Gasteiger partial charge in [-0.1, -0.05) is 30.3 Å². The number of nitrogens with zero attached hydrogens (tertiary/aromatic N) is 5. The number of carbonyl (C=O) groups is 1. The summed E-state index contributed by atoms with van der Waals surface area (Å²) in [6, 6.07) is 12.2. The molecule has 5 rings (SSSR count). The second kappa shape index (κ2) is 9.93. The van der Waals surface area contributed by atoms with E-state index in [0.717, 1.165) is 41.6 Å². The quantitative estimate of drug-likeness (QED) is 0.460. The van der Waals surface area contributed by atoms with Crippen LogP contribution in [0.25, 0.3) is 17.2 Å². The lowest BCUT2D eigenvalue weighted by Gasteiger charge is -2.12. The molecule has 0 aliphatic heterocycles. The Morgan fingerprint density at radius 2 is 1.97 bits per heavy atom. The highest BCUT2D eigenvalue weighted by atomic mass is 16.5. The lowest BCUT2D eigenvalue weighted by atomic mass is 10.0. The van der Waals surface area contributed by atoms with E-state index < -0.39 is 0 Å². The van der Waals surface area contributed by atoms with Gasteiger partial charge in [-0.2, -0.15) is 9.78 Å². The minimum absolute atomic E-state index is 0.206. The van der Waals surface area contributed by atoms with E-state index in [1.807, 2.05) is 24.4 Å². The van der Waals surface area contributed by atoms with Crippen molar-refractivity contribution in [3.05, 3.63) is 89.1 Å². The SMILES string of the molecule is COCc1c(C(=O)NCCc2cccnc2)cnn1-c1ncc2c(n1)-c1ccccc1CCC2. The van der Waals surface area contributed by atoms with E-state index in [2.05, 4.69) is 38.6 Å². The molecule has 0 spiro atoms. The van der Waals surface area contributed by atoms with Crippen molar-refractivity contribution in [1.29, 1.82) is 0 Å². The fraction of sp³-hybridized carbons (Fsp3) is 0.269. The van der Waals surface area contributed by atoms with E-state index in [1.165, 1.54) is 5.56 Å². The number of pyridine rings is 1. The van der Waals surface area contributed by atoms with Crippen molar-refractivity contribution >= 4 is 5.91 Å². The molecule has 3 heterocycles. The van der Waals surface area contributed by atoms with Gasteiger partial charge in [-0.15, -0.1) is 0 Å². The molecule has 1 aromatic carbocycles. The number of benzene rings is 1. The Hall–Kier alpha value is -3.91. The molecule has 34 heavy (non-hydrogen) atoms. The molecule has 1 aliphatic carbocycles. The Morgan fingerprint density at radius 1 is 1.09 bits per heavy atom. The van der Waals surface area contributed by atoms with Crippen LogP contribution in [0.3, 0.4) is 0 Å². The maximum Gasteiger partial charge on any atom is 0.254 e. The smallest absolute Gasteiger partial charge is 0.254 e. The van der Waals surface area contributed by atoms with Crippen molar-refractivity contribution in [1.82, 2.24) is 30.0 Å². The van der Waals surface area contributed by atoms with Gasteiger partial charge in [0.25, 0.3) is 11.9 Å². The predicted molar refractivity (Wildman–Crippen MR) is 128 cm³/mol. The summed E-state index contributed by atoms with van der Waals surface area (Å²) in [7, 11) is 1.59. The molecule has 0 radical (unpaired) electrons. The predicted octanol–water partition coefficient (Wildman–Crippen LogP) is 3.33. The van der Waals surface area contributed by atoms with Gasteiger partial charge in [0.1, 0.15) is 0 Å². The zero-order valence-corrected chi connectivity index (χ0v) is 19.1. The molecule has 8 heteroatoms. The number of hydrogen-bond donors (Lipinski definition) is 1. The van der Waals surface area contributed by atoms with Crippen LogP contribution in [0, 0.1) is 0 Å². The number of rotatable bonds is 7. The van der Waals surface area contributed by atoms with Gasteiger partial charge in [0, 0.05) is 37.8 Å². The number of amides is 1. The highest BCUT2D eigenvalue weighted by Gasteiger charge is 2.22. The number of aryl methyl sites for hydroxylation is 2. The van der Waals surface area contributed by atoms with Crippen molar-refractivity contribution in [2.24, 2.45) is 0 Å². The summed E-state index contributed by atoms with van der Waals surface area (Å²) in [6.45, 7) is 0.705. The molecule has 0 atom stereocenters. The van der Waals surface area contributed by atoms with Crippen LogP contribution in [0.2, 0.25) is 0 Å². The third kappa shape index (κ3) is 4.45. The summed E-state index contributed by atoms with van der Waals surface area (Å²) in [5.74, 6) is 0.221. The fourth-order valence-corrected chi connectivity index (χ4v) is 4.33. The van der Waals surface area contributed by atoms with Gasteiger partial charge in [-0.3, -0.25) is 9.78 Å². The first-order valence-corrected chi connectivity index (χ1v) is 11.4. The van der Waals surface area contributed by atoms with Crippen LogP contribution in [0.15, 0.2) is 61.2 Å². The third-order valence-corrected chi connectivity index (χ3v) is 6.02. The molecular weight excluding hydrogens is 428 g/mol. The van der Waals surface area contributed by atoms with E-state index in [1.54, 1.807) is 30.4 Å². The van der Waals surface area contributed by atoms with Crippen LogP contribution >= 0.6 is 0 Å². The first-order chi connectivity index (χ1) is 16.7. The Kier molecular flexibility index (Phi) is 6.40. The van der Waals surface area contributed by atoms with Crippen molar-refractivity contribution < 1.29 is 9.53 Å². The fourth-order valence-electron chi connectivity index (χ4n) is 4.33. The first kappa shape index (κ1) is 21.9. The Labute approximate surface area is 198 Å². The maximum absolute atomic E-state index is 12.9. The van der Waals surface area contributed by atoms with Crippen molar-refractivity contribution in [3.8, 4) is 17.2 Å². The number of carbonyl (C=O) groups excluding carboxylic acids is 1. The number of nitrogens with one attached hydrogen (secondary N) is 1. The number of fused-ring (bicyclic) bond motifs is 3. The van der Waals surface area contributed by atoms with E-state index in [0.29, 0.717) is 30.2 Å². The van der Waals surface area contributed by atoms with Gasteiger partial charge in [0.2, 0.25) is 0 Å². The van der Waals surface area contributed by atoms with Crippen LogP contribution in [-0.4, -0.2) is 44.3 Å². The van der Waals surface area contributed by atoms with Gasteiger partial charge in [-0.05, 0) is 48.4 Å². The minimum Gasteiger partial charge on any atom is -0.378 e. The molecule has 0 bridgehead atoms. The number of hydrogen-bond acceptors (Lipinski definition) is 6. The zero-order valence-electron chi connectivity index (χ0n) is 19.1. The molecule has 0 unspecified atom stereocenters. The van der Waals surface area contributed by atoms with Gasteiger partial charge in [0.05, 0.1) is 29.8 Å².